The fourth-order valence-corrected chi connectivity index (χ4v) is 1.72. The summed E-state index contributed by atoms with van der Waals surface area (Å²) in [6.07, 6.45) is 2.90. The van der Waals surface area contributed by atoms with Crippen LogP contribution in [0.2, 0.25) is 0 Å². The molecule has 0 bridgehead atoms. The van der Waals surface area contributed by atoms with Crippen LogP contribution in [0.25, 0.3) is 5.57 Å². The Morgan fingerprint density at radius 3 is 2.55 bits per heavy atom. The van der Waals surface area contributed by atoms with Crippen molar-refractivity contribution in [3.05, 3.63) is 40.0 Å². The number of quaternary nitrogens is 1. The van der Waals surface area contributed by atoms with Gasteiger partial charge in [-0.15, -0.1) is 0 Å². The number of hydrogen-bond donors (Lipinski definition) is 1. The number of methoxy groups -OCH3 is 1. The molecular formula is C14H14IN3O2. The molecule has 0 saturated carbocycles. The maximum absolute atomic E-state index is 11.5. The van der Waals surface area contributed by atoms with Gasteiger partial charge in [0.1, 0.15) is 11.8 Å². The van der Waals surface area contributed by atoms with Gasteiger partial charge in [-0.05, 0) is 46.4 Å². The minimum Gasteiger partial charge on any atom is -0.869 e. The minimum atomic E-state index is -0.221. The number of benzene rings is 1. The average Bonchev–Trinajstić information content (AvgIpc) is 2.47. The van der Waals surface area contributed by atoms with Gasteiger partial charge in [0.2, 0.25) is 0 Å². The Kier molecular flexibility index (Phi) is 8.84. The number of hydrogen-bond acceptors (Lipinski definition) is 4. The molecule has 0 aliphatic rings. The molecule has 0 unspecified atom stereocenters. The van der Waals surface area contributed by atoms with E-state index in [9.17, 15) is 5.11 Å². The molecule has 3 N–H and O–H groups in total. The second-order valence-electron chi connectivity index (χ2n) is 3.37. The Morgan fingerprint density at radius 2 is 2.15 bits per heavy atom. The summed E-state index contributed by atoms with van der Waals surface area (Å²) in [5.41, 5.74) is 4.20. The van der Waals surface area contributed by atoms with Crippen molar-refractivity contribution < 1.29 is 15.6 Å². The lowest BCUT2D eigenvalue weighted by molar-refractivity contribution is -0.352. The number of allylic oxidation sites excluding steroid dienone is 2. The Balaban J connectivity index is 0.000000796. The SMILES string of the molecule is C=CC[NH3+].COc1cc(/C(C#N)=C/C#N)cc(I)c1[O-]. The highest BCUT2D eigenvalue weighted by Crippen LogP contribution is 2.32. The van der Waals surface area contributed by atoms with Crippen molar-refractivity contribution in [3.63, 3.8) is 0 Å². The maximum Gasteiger partial charge on any atom is 0.112 e. The second-order valence-corrected chi connectivity index (χ2v) is 4.53. The van der Waals surface area contributed by atoms with Crippen LogP contribution < -0.4 is 15.6 Å². The van der Waals surface area contributed by atoms with Crippen LogP contribution in [0.1, 0.15) is 5.56 Å². The summed E-state index contributed by atoms with van der Waals surface area (Å²) in [4.78, 5) is 0. The molecule has 104 valence electrons. The van der Waals surface area contributed by atoms with Crippen LogP contribution in [-0.4, -0.2) is 13.7 Å². The first-order chi connectivity index (χ1) is 9.55. The molecule has 5 nitrogen and oxygen atoms in total. The summed E-state index contributed by atoms with van der Waals surface area (Å²) in [5.74, 6) is -0.0536. The quantitative estimate of drug-likeness (QED) is 0.481. The highest BCUT2D eigenvalue weighted by Gasteiger charge is 2.06. The van der Waals surface area contributed by atoms with E-state index in [2.05, 4.69) is 12.3 Å². The maximum atomic E-state index is 11.5. The molecule has 0 spiro atoms. The normalized spacial score (nSPS) is 9.55. The van der Waals surface area contributed by atoms with Crippen LogP contribution in [0.3, 0.4) is 0 Å². The average molecular weight is 383 g/mol. The highest BCUT2D eigenvalue weighted by atomic mass is 127. The van der Waals surface area contributed by atoms with E-state index in [1.165, 1.54) is 13.2 Å². The van der Waals surface area contributed by atoms with E-state index in [4.69, 9.17) is 15.3 Å². The predicted molar refractivity (Wildman–Crippen MR) is 82.3 cm³/mol. The number of nitriles is 2. The lowest BCUT2D eigenvalue weighted by atomic mass is 10.1. The topological polar surface area (TPSA) is 108 Å². The summed E-state index contributed by atoms with van der Waals surface area (Å²) in [5, 5.41) is 28.9. The largest absolute Gasteiger partial charge is 0.869 e. The Labute approximate surface area is 131 Å². The molecule has 1 aromatic carbocycles. The van der Waals surface area contributed by atoms with E-state index in [1.807, 2.05) is 28.7 Å². The van der Waals surface area contributed by atoms with Crippen LogP contribution >= 0.6 is 22.6 Å². The van der Waals surface area contributed by atoms with E-state index >= 15 is 0 Å². The van der Waals surface area contributed by atoms with Gasteiger partial charge in [0.15, 0.2) is 0 Å². The van der Waals surface area contributed by atoms with Crippen LogP contribution in [0.15, 0.2) is 30.9 Å². The molecule has 0 radical (unpaired) electrons. The van der Waals surface area contributed by atoms with Gasteiger partial charge in [-0.1, -0.05) is 12.3 Å². The monoisotopic (exact) mass is 383 g/mol. The third kappa shape index (κ3) is 5.31. The summed E-state index contributed by atoms with van der Waals surface area (Å²) >= 11 is 1.86. The third-order valence-electron chi connectivity index (χ3n) is 2.07. The van der Waals surface area contributed by atoms with Crippen molar-refractivity contribution in [1.29, 1.82) is 10.5 Å². The lowest BCUT2D eigenvalue weighted by Gasteiger charge is -2.15. The summed E-state index contributed by atoms with van der Waals surface area (Å²) in [7, 11) is 1.39. The van der Waals surface area contributed by atoms with Gasteiger partial charge in [0.05, 0.1) is 25.3 Å². The van der Waals surface area contributed by atoms with Crippen molar-refractivity contribution in [2.24, 2.45) is 0 Å². The zero-order valence-electron chi connectivity index (χ0n) is 11.0. The highest BCUT2D eigenvalue weighted by molar-refractivity contribution is 14.1. The molecule has 6 heteroatoms. The van der Waals surface area contributed by atoms with E-state index in [0.717, 1.165) is 12.6 Å². The molecule has 0 aromatic heterocycles. The van der Waals surface area contributed by atoms with Crippen LogP contribution in [-0.2, 0) is 0 Å². The van der Waals surface area contributed by atoms with Crippen molar-refractivity contribution in [1.82, 2.24) is 0 Å². The van der Waals surface area contributed by atoms with Gasteiger partial charge in [-0.25, -0.2) is 0 Å². The number of rotatable bonds is 3. The smallest absolute Gasteiger partial charge is 0.112 e. The van der Waals surface area contributed by atoms with Gasteiger partial charge in [0, 0.05) is 9.65 Å². The van der Waals surface area contributed by atoms with E-state index in [1.54, 1.807) is 18.2 Å². The summed E-state index contributed by atoms with van der Waals surface area (Å²) < 4.78 is 5.35. The lowest BCUT2D eigenvalue weighted by Crippen LogP contribution is -2.48. The number of ether oxygens (including phenoxy) is 1. The van der Waals surface area contributed by atoms with Crippen LogP contribution in [0.5, 0.6) is 11.5 Å². The van der Waals surface area contributed by atoms with Crippen molar-refractivity contribution in [2.45, 2.75) is 0 Å². The third-order valence-corrected chi connectivity index (χ3v) is 2.88. The molecule has 1 aromatic rings. The molecule has 0 atom stereocenters. The first-order valence-corrected chi connectivity index (χ1v) is 6.58. The summed E-state index contributed by atoms with van der Waals surface area (Å²) in [6.45, 7) is 4.25. The molecule has 0 aliphatic heterocycles. The standard InChI is InChI=1S/C11H7IN2O2.C3H7N/c1-16-10-5-8(4-9(12)11(10)15)7(6-14)2-3-13;1-2-3-4/h2,4-5,15H,1H3;2H,1,3-4H2/b7-2+;. The molecule has 0 fully saturated rings. The van der Waals surface area contributed by atoms with Gasteiger partial charge in [0.25, 0.3) is 0 Å². The van der Waals surface area contributed by atoms with Gasteiger partial charge >= 0.3 is 0 Å². The fourth-order valence-electron chi connectivity index (χ4n) is 1.12. The van der Waals surface area contributed by atoms with Crippen LogP contribution in [0, 0.1) is 26.2 Å². The minimum absolute atomic E-state index is 0.168. The number of halogens is 1. The molecule has 0 aliphatic carbocycles. The zero-order chi connectivity index (χ0) is 15.5. The van der Waals surface area contributed by atoms with Gasteiger partial charge in [-0.2, -0.15) is 10.5 Å². The van der Waals surface area contributed by atoms with Gasteiger partial charge < -0.3 is 15.6 Å². The molecule has 0 amide bonds. The van der Waals surface area contributed by atoms with Crippen molar-refractivity contribution >= 4 is 28.2 Å². The first-order valence-electron chi connectivity index (χ1n) is 5.50. The molecule has 1 rings (SSSR count). The number of nitrogens with zero attached hydrogens (tertiary/aromatic N) is 2. The van der Waals surface area contributed by atoms with Crippen molar-refractivity contribution in [3.8, 4) is 23.6 Å². The van der Waals surface area contributed by atoms with E-state index in [0.29, 0.717) is 9.13 Å². The van der Waals surface area contributed by atoms with Gasteiger partial charge in [-0.3, -0.25) is 0 Å². The zero-order valence-corrected chi connectivity index (χ0v) is 13.2. The Hall–Kier alpha value is -2.03. The summed E-state index contributed by atoms with van der Waals surface area (Å²) in [6, 6.07) is 6.69. The Bertz CT molecular complexity index is 583. The molecular weight excluding hydrogens is 369 g/mol. The first kappa shape index (κ1) is 18.0. The Morgan fingerprint density at radius 1 is 1.55 bits per heavy atom. The fraction of sp³-hybridized carbons (Fsp3) is 0.143. The molecule has 0 saturated heterocycles. The molecule has 0 heterocycles. The molecule has 20 heavy (non-hydrogen) atoms. The predicted octanol–water partition coefficient (Wildman–Crippen LogP) is 1.22. The van der Waals surface area contributed by atoms with Crippen LogP contribution in [0.4, 0.5) is 0 Å². The van der Waals surface area contributed by atoms with E-state index < -0.39 is 0 Å². The second kappa shape index (κ2) is 9.84. The van der Waals surface area contributed by atoms with E-state index in [-0.39, 0.29) is 17.1 Å². The van der Waals surface area contributed by atoms with Crippen molar-refractivity contribution in [2.75, 3.05) is 13.7 Å².